The molecule has 1 spiro atoms. The third-order valence-electron chi connectivity index (χ3n) is 14.1. The maximum absolute atomic E-state index is 13.1. The van der Waals surface area contributed by atoms with Crippen LogP contribution in [0.5, 0.6) is 0 Å². The van der Waals surface area contributed by atoms with Crippen molar-refractivity contribution in [2.45, 2.75) is 129 Å². The minimum atomic E-state index is -0.726. The molecule has 3 saturated carbocycles. The molecule has 7 bridgehead atoms. The highest BCUT2D eigenvalue weighted by Crippen LogP contribution is 2.79. The first kappa shape index (κ1) is 22.6. The molecular formula is C30H47NO3. The molecule has 0 amide bonds. The Balaban J connectivity index is 1.34. The monoisotopic (exact) mass is 469 g/mol. The summed E-state index contributed by atoms with van der Waals surface area (Å²) in [6.07, 6.45) is 13.1. The van der Waals surface area contributed by atoms with Crippen LogP contribution < -0.4 is 0 Å². The molecule has 1 unspecified atom stereocenters. The largest absolute Gasteiger partial charge is 0.459 e. The molecular weight excluding hydrogens is 422 g/mol. The Hall–Kier alpha value is -0.610. The van der Waals surface area contributed by atoms with Crippen molar-refractivity contribution in [2.75, 3.05) is 6.54 Å². The van der Waals surface area contributed by atoms with Crippen molar-refractivity contribution in [2.24, 2.45) is 45.8 Å². The summed E-state index contributed by atoms with van der Waals surface area (Å²) < 4.78 is 6.08. The minimum absolute atomic E-state index is 0.136. The Kier molecular flexibility index (Phi) is 4.40. The molecule has 3 aliphatic carbocycles. The number of piperidine rings is 2. The summed E-state index contributed by atoms with van der Waals surface area (Å²) in [5, 5.41) is 11.0. The number of rotatable bonds is 4. The van der Waals surface area contributed by atoms with E-state index >= 15 is 0 Å². The molecule has 4 aliphatic heterocycles. The van der Waals surface area contributed by atoms with E-state index in [-0.39, 0.29) is 11.9 Å². The fraction of sp³-hybridized carbons (Fsp3) is 0.967. The van der Waals surface area contributed by atoms with Crippen LogP contribution in [0.25, 0.3) is 0 Å². The number of fused-ring (bicyclic) bond motifs is 4. The van der Waals surface area contributed by atoms with Gasteiger partial charge in [-0.25, -0.2) is 0 Å². The fourth-order valence-electron chi connectivity index (χ4n) is 12.5. The molecule has 34 heavy (non-hydrogen) atoms. The Morgan fingerprint density at radius 2 is 1.85 bits per heavy atom. The second kappa shape index (κ2) is 6.63. The Morgan fingerprint density at radius 1 is 1.06 bits per heavy atom. The molecule has 4 heteroatoms. The lowest BCUT2D eigenvalue weighted by Gasteiger charge is -2.67. The van der Waals surface area contributed by atoms with E-state index in [0.29, 0.717) is 22.8 Å². The lowest BCUT2D eigenvalue weighted by molar-refractivity contribution is -0.186. The van der Waals surface area contributed by atoms with Crippen LogP contribution >= 0.6 is 0 Å². The summed E-state index contributed by atoms with van der Waals surface area (Å²) in [5.41, 5.74) is 0.131. The van der Waals surface area contributed by atoms with Crippen molar-refractivity contribution in [1.29, 1.82) is 0 Å². The van der Waals surface area contributed by atoms with Crippen LogP contribution in [0.1, 0.15) is 105 Å². The van der Waals surface area contributed by atoms with Crippen LogP contribution in [0.4, 0.5) is 0 Å². The highest BCUT2D eigenvalue weighted by molar-refractivity contribution is 5.81. The van der Waals surface area contributed by atoms with Gasteiger partial charge in [-0.1, -0.05) is 27.2 Å². The summed E-state index contributed by atoms with van der Waals surface area (Å²) in [6.45, 7) is 13.2. The molecule has 190 valence electrons. The second-order valence-corrected chi connectivity index (χ2v) is 14.9. The van der Waals surface area contributed by atoms with Gasteiger partial charge >= 0.3 is 5.97 Å². The zero-order chi connectivity index (χ0) is 23.9. The van der Waals surface area contributed by atoms with E-state index < -0.39 is 17.1 Å². The van der Waals surface area contributed by atoms with E-state index in [4.69, 9.17) is 4.74 Å². The molecule has 7 aliphatic rings. The standard InChI is InChI=1S/C30H47NO3/c1-18(2)20-9-13-26(3)19-8-15-29-12-6-7-22(29)30(26,24(20)31(29)17-19)16-10-21-27(4)14-11-23(32)28(21,5)25(33)34-27/h18-24,32H,6-17H2,1-5H3/t19-,20-,21+,22+,23-,24-,26-,27+,28-,29+,30-/m0/s1. The molecule has 0 aromatic rings. The molecule has 1 N–H and O–H groups in total. The predicted molar refractivity (Wildman–Crippen MR) is 132 cm³/mol. The van der Waals surface area contributed by atoms with Gasteiger partial charge in [-0.15, -0.1) is 0 Å². The van der Waals surface area contributed by atoms with Gasteiger partial charge in [0.05, 0.1) is 11.5 Å². The van der Waals surface area contributed by atoms with E-state index in [0.717, 1.165) is 42.6 Å². The van der Waals surface area contributed by atoms with Crippen LogP contribution in [0.2, 0.25) is 0 Å². The van der Waals surface area contributed by atoms with Crippen LogP contribution in [-0.4, -0.2) is 45.8 Å². The van der Waals surface area contributed by atoms with Crippen LogP contribution in [0, 0.1) is 45.8 Å². The summed E-state index contributed by atoms with van der Waals surface area (Å²) in [4.78, 5) is 16.2. The lowest BCUT2D eigenvalue weighted by Crippen LogP contribution is -2.68. The summed E-state index contributed by atoms with van der Waals surface area (Å²) in [5.74, 6) is 3.20. The fourth-order valence-corrected chi connectivity index (χ4v) is 12.5. The number of hydrogen-bond acceptors (Lipinski definition) is 4. The van der Waals surface area contributed by atoms with Gasteiger partial charge in [0, 0.05) is 24.0 Å². The molecule has 4 heterocycles. The van der Waals surface area contributed by atoms with Crippen molar-refractivity contribution in [3.05, 3.63) is 0 Å². The number of esters is 1. The smallest absolute Gasteiger partial charge is 0.315 e. The average molecular weight is 470 g/mol. The quantitative estimate of drug-likeness (QED) is 0.547. The van der Waals surface area contributed by atoms with Gasteiger partial charge in [-0.2, -0.15) is 0 Å². The van der Waals surface area contributed by atoms with E-state index in [1.807, 2.05) is 6.92 Å². The summed E-state index contributed by atoms with van der Waals surface area (Å²) >= 11 is 0. The maximum Gasteiger partial charge on any atom is 0.315 e. The van der Waals surface area contributed by atoms with Crippen molar-refractivity contribution in [1.82, 2.24) is 4.90 Å². The van der Waals surface area contributed by atoms with Crippen molar-refractivity contribution in [3.8, 4) is 0 Å². The molecule has 7 rings (SSSR count). The Labute approximate surface area is 206 Å². The third kappa shape index (κ3) is 2.22. The maximum atomic E-state index is 13.1. The van der Waals surface area contributed by atoms with E-state index in [1.165, 1.54) is 57.9 Å². The minimum Gasteiger partial charge on any atom is -0.459 e. The molecule has 4 saturated heterocycles. The molecule has 7 fully saturated rings. The Bertz CT molecular complexity index is 919. The summed E-state index contributed by atoms with van der Waals surface area (Å²) in [6, 6.07) is 0.719. The summed E-state index contributed by atoms with van der Waals surface area (Å²) in [7, 11) is 0. The molecule has 0 aromatic carbocycles. The number of carbonyl (C=O) groups is 1. The highest BCUT2D eigenvalue weighted by Gasteiger charge is 2.80. The Morgan fingerprint density at radius 3 is 2.62 bits per heavy atom. The van der Waals surface area contributed by atoms with Gasteiger partial charge in [0.2, 0.25) is 0 Å². The van der Waals surface area contributed by atoms with Crippen molar-refractivity contribution < 1.29 is 14.6 Å². The van der Waals surface area contributed by atoms with E-state index in [2.05, 4.69) is 32.6 Å². The average Bonchev–Trinajstić information content (AvgIpc) is 3.31. The number of nitrogens with zero attached hydrogens (tertiary/aromatic N) is 1. The number of carbonyl (C=O) groups excluding carboxylic acids is 1. The molecule has 4 nitrogen and oxygen atoms in total. The lowest BCUT2D eigenvalue weighted by atomic mass is 9.41. The highest BCUT2D eigenvalue weighted by atomic mass is 16.6. The first-order valence-electron chi connectivity index (χ1n) is 14.7. The van der Waals surface area contributed by atoms with Crippen molar-refractivity contribution in [3.63, 3.8) is 0 Å². The topological polar surface area (TPSA) is 49.8 Å². The molecule has 0 radical (unpaired) electrons. The van der Waals surface area contributed by atoms with Gasteiger partial charge < -0.3 is 9.84 Å². The second-order valence-electron chi connectivity index (χ2n) is 14.9. The van der Waals surface area contributed by atoms with E-state index in [9.17, 15) is 9.90 Å². The zero-order valence-corrected chi connectivity index (χ0v) is 22.2. The molecule has 12 atom stereocenters. The van der Waals surface area contributed by atoms with Gasteiger partial charge in [0.25, 0.3) is 0 Å². The van der Waals surface area contributed by atoms with Gasteiger partial charge in [-0.3, -0.25) is 9.69 Å². The van der Waals surface area contributed by atoms with E-state index in [1.54, 1.807) is 0 Å². The van der Waals surface area contributed by atoms with Crippen LogP contribution in [0.15, 0.2) is 0 Å². The van der Waals surface area contributed by atoms with Gasteiger partial charge in [0.15, 0.2) is 0 Å². The van der Waals surface area contributed by atoms with Crippen molar-refractivity contribution >= 4 is 5.97 Å². The third-order valence-corrected chi connectivity index (χ3v) is 14.1. The number of ether oxygens (including phenoxy) is 1. The molecule has 0 aromatic heterocycles. The predicted octanol–water partition coefficient (Wildman–Crippen LogP) is 5.56. The number of hydrogen-bond donors (Lipinski definition) is 1. The van der Waals surface area contributed by atoms with Gasteiger partial charge in [-0.05, 0) is 113 Å². The normalized spacial score (nSPS) is 61.1. The zero-order valence-electron chi connectivity index (χ0n) is 22.2. The number of aliphatic hydroxyl groups excluding tert-OH is 1. The SMILES string of the molecule is CC(C)[C@@H]1CC[C@@]2(C)[C@H]3CC[C@]45CCC[C@H]4[C@@]2(CC[C@H]2[C@]4(C)C(=O)O[C@]2(C)CC[C@@H]4O)[C@H]1N5C3. The number of aliphatic hydroxyl groups is 1. The van der Waals surface area contributed by atoms with Gasteiger partial charge in [0.1, 0.15) is 5.60 Å². The first-order valence-corrected chi connectivity index (χ1v) is 14.7. The first-order chi connectivity index (χ1) is 16.0. The van der Waals surface area contributed by atoms with Crippen LogP contribution in [0.3, 0.4) is 0 Å². The van der Waals surface area contributed by atoms with Crippen LogP contribution in [-0.2, 0) is 9.53 Å².